The number of rotatable bonds is 7. The van der Waals surface area contributed by atoms with E-state index in [1.165, 1.54) is 17.4 Å². The first-order valence-electron chi connectivity index (χ1n) is 11.6. The fourth-order valence-electron chi connectivity index (χ4n) is 4.44. The Morgan fingerprint density at radius 2 is 2.14 bits per heavy atom. The molecule has 0 unspecified atom stereocenters. The van der Waals surface area contributed by atoms with Crippen LogP contribution in [0.1, 0.15) is 22.6 Å². The van der Waals surface area contributed by atoms with Crippen molar-refractivity contribution in [3.05, 3.63) is 52.5 Å². The highest BCUT2D eigenvalue weighted by molar-refractivity contribution is 7.08. The number of nitrogens with zero attached hydrogens (tertiary/aromatic N) is 4. The van der Waals surface area contributed by atoms with Gasteiger partial charge in [-0.3, -0.25) is 4.79 Å². The van der Waals surface area contributed by atoms with Crippen molar-refractivity contribution >= 4 is 33.8 Å². The monoisotopic (exact) mass is 536 g/mol. The molecule has 13 heteroatoms. The Morgan fingerprint density at radius 1 is 1.30 bits per heavy atom. The van der Waals surface area contributed by atoms with Gasteiger partial charge >= 0.3 is 6.18 Å². The second kappa shape index (κ2) is 10.1. The Labute approximate surface area is 213 Å². The van der Waals surface area contributed by atoms with Crippen molar-refractivity contribution in [2.75, 3.05) is 25.5 Å². The number of likely N-dealkylation sites (tertiary alicyclic amines) is 1. The molecule has 1 aromatic carbocycles. The van der Waals surface area contributed by atoms with Crippen molar-refractivity contribution < 1.29 is 26.9 Å². The maximum Gasteiger partial charge on any atom is 0.406 e. The number of anilines is 1. The van der Waals surface area contributed by atoms with E-state index in [9.17, 15) is 22.4 Å². The van der Waals surface area contributed by atoms with Gasteiger partial charge in [0.15, 0.2) is 5.82 Å². The Bertz CT molecular complexity index is 1380. The van der Waals surface area contributed by atoms with E-state index in [4.69, 9.17) is 4.52 Å². The van der Waals surface area contributed by atoms with Crippen LogP contribution >= 0.6 is 11.3 Å². The molecule has 1 saturated heterocycles. The van der Waals surface area contributed by atoms with Gasteiger partial charge in [-0.05, 0) is 43.1 Å². The SMILES string of the molecule is CN1CC[C@@H](Nc2cccc3c2cc(-c2nc(CNC(=O)c4ccsc4)no2)n3CC(F)(F)F)[C@@H](F)C1. The number of piperidine rings is 1. The number of carbonyl (C=O) groups is 1. The third-order valence-electron chi connectivity index (χ3n) is 6.25. The molecule has 0 aliphatic carbocycles. The van der Waals surface area contributed by atoms with Gasteiger partial charge < -0.3 is 24.6 Å². The summed E-state index contributed by atoms with van der Waals surface area (Å²) in [6.07, 6.45) is -5.07. The van der Waals surface area contributed by atoms with Gasteiger partial charge in [-0.25, -0.2) is 4.39 Å². The Hall–Kier alpha value is -3.45. The third-order valence-corrected chi connectivity index (χ3v) is 6.93. The molecular weight excluding hydrogens is 512 g/mol. The van der Waals surface area contributed by atoms with Crippen LogP contribution in [0.4, 0.5) is 23.2 Å². The van der Waals surface area contributed by atoms with E-state index in [1.54, 1.807) is 35.0 Å². The van der Waals surface area contributed by atoms with Gasteiger partial charge in [-0.1, -0.05) is 11.2 Å². The molecule has 1 amide bonds. The summed E-state index contributed by atoms with van der Waals surface area (Å²) in [5.41, 5.74) is 1.38. The second-order valence-electron chi connectivity index (χ2n) is 9.00. The molecular formula is C24H24F4N6O2S. The highest BCUT2D eigenvalue weighted by atomic mass is 32.1. The lowest BCUT2D eigenvalue weighted by atomic mass is 10.0. The fraction of sp³-hybridized carbons (Fsp3) is 0.375. The summed E-state index contributed by atoms with van der Waals surface area (Å²) < 4.78 is 61.7. The molecule has 37 heavy (non-hydrogen) atoms. The average molecular weight is 537 g/mol. The smallest absolute Gasteiger partial charge is 0.379 e. The van der Waals surface area contributed by atoms with Crippen molar-refractivity contribution in [3.63, 3.8) is 0 Å². The summed E-state index contributed by atoms with van der Waals surface area (Å²) in [7, 11) is 1.85. The predicted molar refractivity (Wildman–Crippen MR) is 131 cm³/mol. The minimum atomic E-state index is -4.51. The number of carbonyl (C=O) groups excluding carboxylic acids is 1. The van der Waals surface area contributed by atoms with Crippen molar-refractivity contribution in [2.45, 2.75) is 37.9 Å². The third kappa shape index (κ3) is 5.62. The number of nitrogens with one attached hydrogen (secondary N) is 2. The minimum Gasteiger partial charge on any atom is -0.379 e. The fourth-order valence-corrected chi connectivity index (χ4v) is 5.08. The van der Waals surface area contributed by atoms with E-state index < -0.39 is 24.9 Å². The van der Waals surface area contributed by atoms with Gasteiger partial charge in [0.25, 0.3) is 11.8 Å². The topological polar surface area (TPSA) is 88.2 Å². The van der Waals surface area contributed by atoms with Crippen molar-refractivity contribution in [1.29, 1.82) is 0 Å². The van der Waals surface area contributed by atoms with Gasteiger partial charge in [-0.15, -0.1) is 0 Å². The van der Waals surface area contributed by atoms with Crippen molar-refractivity contribution in [1.82, 2.24) is 24.9 Å². The van der Waals surface area contributed by atoms with Crippen LogP contribution in [-0.2, 0) is 13.1 Å². The molecule has 4 heterocycles. The van der Waals surface area contributed by atoms with Crippen LogP contribution in [0.5, 0.6) is 0 Å². The lowest BCUT2D eigenvalue weighted by Crippen LogP contribution is -2.46. The molecule has 3 aromatic heterocycles. The first kappa shape index (κ1) is 25.2. The van der Waals surface area contributed by atoms with Gasteiger partial charge in [0.2, 0.25) is 0 Å². The van der Waals surface area contributed by atoms with Crippen molar-refractivity contribution in [3.8, 4) is 11.6 Å². The first-order chi connectivity index (χ1) is 17.7. The molecule has 4 aromatic rings. The van der Waals surface area contributed by atoms with E-state index in [2.05, 4.69) is 20.8 Å². The maximum atomic E-state index is 14.7. The van der Waals surface area contributed by atoms with Crippen molar-refractivity contribution in [2.24, 2.45) is 0 Å². The molecule has 5 rings (SSSR count). The van der Waals surface area contributed by atoms with Crippen LogP contribution < -0.4 is 10.6 Å². The molecule has 0 saturated carbocycles. The highest BCUT2D eigenvalue weighted by Gasteiger charge is 2.32. The summed E-state index contributed by atoms with van der Waals surface area (Å²) in [4.78, 5) is 18.3. The summed E-state index contributed by atoms with van der Waals surface area (Å²) in [5.74, 6) is -0.323. The van der Waals surface area contributed by atoms with Crippen LogP contribution in [0.3, 0.4) is 0 Å². The number of thiophene rings is 1. The second-order valence-corrected chi connectivity index (χ2v) is 9.78. The lowest BCUT2D eigenvalue weighted by Gasteiger charge is -2.33. The number of fused-ring (bicyclic) bond motifs is 1. The molecule has 0 spiro atoms. The molecule has 1 fully saturated rings. The Balaban J connectivity index is 1.45. The summed E-state index contributed by atoms with van der Waals surface area (Å²) in [6.45, 7) is -0.343. The Kier molecular flexibility index (Phi) is 6.90. The van der Waals surface area contributed by atoms with Gasteiger partial charge in [0.05, 0.1) is 18.1 Å². The van der Waals surface area contributed by atoms with Crippen LogP contribution in [0.2, 0.25) is 0 Å². The van der Waals surface area contributed by atoms with Crippen LogP contribution in [-0.4, -0.2) is 64.0 Å². The number of benzene rings is 1. The summed E-state index contributed by atoms with van der Waals surface area (Å²) >= 11 is 1.38. The molecule has 1 aliphatic heterocycles. The predicted octanol–water partition coefficient (Wildman–Crippen LogP) is 4.70. The zero-order valence-electron chi connectivity index (χ0n) is 19.8. The molecule has 2 N–H and O–H groups in total. The molecule has 2 atom stereocenters. The van der Waals surface area contributed by atoms with Crippen LogP contribution in [0, 0.1) is 0 Å². The van der Waals surface area contributed by atoms with Gasteiger partial charge in [0.1, 0.15) is 18.4 Å². The zero-order valence-corrected chi connectivity index (χ0v) is 20.6. The van der Waals surface area contributed by atoms with E-state index in [-0.39, 0.29) is 36.4 Å². The van der Waals surface area contributed by atoms with Gasteiger partial charge in [-0.2, -0.15) is 29.5 Å². The van der Waals surface area contributed by atoms with Gasteiger partial charge in [0, 0.05) is 35.1 Å². The molecule has 0 bridgehead atoms. The highest BCUT2D eigenvalue weighted by Crippen LogP contribution is 2.35. The first-order valence-corrected chi connectivity index (χ1v) is 12.5. The average Bonchev–Trinajstić information content (AvgIpc) is 3.59. The number of aromatic nitrogens is 3. The van der Waals surface area contributed by atoms with Crippen LogP contribution in [0.25, 0.3) is 22.5 Å². The van der Waals surface area contributed by atoms with E-state index >= 15 is 0 Å². The number of alkyl halides is 4. The molecule has 0 radical (unpaired) electrons. The quantitative estimate of drug-likeness (QED) is 0.333. The Morgan fingerprint density at radius 3 is 2.86 bits per heavy atom. The number of hydrogen-bond acceptors (Lipinski definition) is 7. The van der Waals surface area contributed by atoms with E-state index in [0.717, 1.165) is 4.57 Å². The van der Waals surface area contributed by atoms with E-state index in [0.29, 0.717) is 35.1 Å². The largest absolute Gasteiger partial charge is 0.406 e. The summed E-state index contributed by atoms with van der Waals surface area (Å²) in [6, 6.07) is 7.65. The number of amides is 1. The molecule has 196 valence electrons. The normalized spacial score (nSPS) is 18.8. The molecule has 8 nitrogen and oxygen atoms in total. The lowest BCUT2D eigenvalue weighted by molar-refractivity contribution is -0.139. The standard InChI is InChI=1S/C24H24F4N6O2S/c1-33-7-5-18(16(25)11-33)30-17-3-2-4-19-15(17)9-20(34(19)13-24(26,27)28)23-31-21(32-36-23)10-29-22(35)14-6-8-37-12-14/h2-4,6,8-9,12,16,18,30H,5,7,10-11,13H2,1H3,(H,29,35)/t16-,18+/m0/s1. The van der Waals surface area contributed by atoms with E-state index in [1.807, 2.05) is 11.9 Å². The zero-order chi connectivity index (χ0) is 26.2. The number of hydrogen-bond donors (Lipinski definition) is 2. The minimum absolute atomic E-state index is 0.0570. The molecule has 1 aliphatic rings. The maximum absolute atomic E-state index is 14.7. The number of halogens is 4. The summed E-state index contributed by atoms with van der Waals surface area (Å²) in [5, 5.41) is 13.6. The van der Waals surface area contributed by atoms with Crippen LogP contribution in [0.15, 0.2) is 45.6 Å².